The van der Waals surface area contributed by atoms with Gasteiger partial charge in [-0.3, -0.25) is 9.59 Å². The number of ketones is 1. The molecule has 0 bridgehead atoms. The molecule has 0 aromatic heterocycles. The van der Waals surface area contributed by atoms with E-state index in [9.17, 15) is 19.2 Å². The van der Waals surface area contributed by atoms with Crippen LogP contribution in [0.5, 0.6) is 0 Å². The molecule has 1 aromatic rings. The standard InChI is InChI=1S/C22H25FN2O2/c1-22(2)12-14(10-16(13-24)20(22)26)8-9-25(3)21(27)19-6-4-15-11-17(23)5-7-18(15)19/h5,7,10-11,14,19H,4,6,8-9,12H2,1-3H3/t14-,19?/m0/s1. The number of carbonyl (C=O) groups is 2. The molecule has 2 atom stereocenters. The number of aryl methyl sites for hydroxylation is 1. The lowest BCUT2D eigenvalue weighted by Gasteiger charge is -2.32. The van der Waals surface area contributed by atoms with E-state index >= 15 is 0 Å². The van der Waals surface area contributed by atoms with E-state index in [1.54, 1.807) is 24.1 Å². The van der Waals surface area contributed by atoms with Gasteiger partial charge in [0.1, 0.15) is 11.9 Å². The summed E-state index contributed by atoms with van der Waals surface area (Å²) in [5.74, 6) is -0.408. The van der Waals surface area contributed by atoms with Gasteiger partial charge < -0.3 is 4.90 Å². The molecule has 0 radical (unpaired) electrons. The minimum atomic E-state index is -0.540. The molecule has 142 valence electrons. The van der Waals surface area contributed by atoms with Crippen molar-refractivity contribution in [2.75, 3.05) is 13.6 Å². The average molecular weight is 368 g/mol. The summed E-state index contributed by atoms with van der Waals surface area (Å²) in [7, 11) is 1.79. The Morgan fingerprint density at radius 1 is 1.41 bits per heavy atom. The second-order valence-electron chi connectivity index (χ2n) is 8.35. The van der Waals surface area contributed by atoms with Crippen LogP contribution in [0, 0.1) is 28.5 Å². The van der Waals surface area contributed by atoms with Crippen LogP contribution in [0.2, 0.25) is 0 Å². The van der Waals surface area contributed by atoms with Gasteiger partial charge in [-0.2, -0.15) is 5.26 Å². The van der Waals surface area contributed by atoms with Gasteiger partial charge in [0.05, 0.1) is 11.5 Å². The zero-order valence-electron chi connectivity index (χ0n) is 16.1. The second kappa shape index (κ2) is 7.26. The fraction of sp³-hybridized carbons (Fsp3) is 0.500. The first-order valence-corrected chi connectivity index (χ1v) is 9.43. The molecule has 0 saturated carbocycles. The molecular weight excluding hydrogens is 343 g/mol. The monoisotopic (exact) mass is 368 g/mol. The highest BCUT2D eigenvalue weighted by Gasteiger charge is 2.37. The van der Waals surface area contributed by atoms with Gasteiger partial charge in [-0.1, -0.05) is 26.0 Å². The number of halogens is 1. The summed E-state index contributed by atoms with van der Waals surface area (Å²) in [6.07, 6.45) is 4.60. The van der Waals surface area contributed by atoms with E-state index in [0.29, 0.717) is 25.8 Å². The Kier molecular flexibility index (Phi) is 5.19. The molecule has 1 unspecified atom stereocenters. The number of likely N-dealkylation sites (N-methyl/N-ethyl adjacent to an activating group) is 1. The van der Waals surface area contributed by atoms with Gasteiger partial charge >= 0.3 is 0 Å². The summed E-state index contributed by atoms with van der Waals surface area (Å²) < 4.78 is 13.4. The Morgan fingerprint density at radius 3 is 2.85 bits per heavy atom. The van der Waals surface area contributed by atoms with Crippen molar-refractivity contribution in [1.82, 2.24) is 4.90 Å². The fourth-order valence-electron chi connectivity index (χ4n) is 4.33. The van der Waals surface area contributed by atoms with E-state index in [1.807, 2.05) is 19.9 Å². The summed E-state index contributed by atoms with van der Waals surface area (Å²) >= 11 is 0. The van der Waals surface area contributed by atoms with Crippen LogP contribution in [-0.4, -0.2) is 30.2 Å². The van der Waals surface area contributed by atoms with E-state index in [4.69, 9.17) is 0 Å². The van der Waals surface area contributed by atoms with Crippen LogP contribution in [0.25, 0.3) is 0 Å². The van der Waals surface area contributed by atoms with Gasteiger partial charge in [-0.25, -0.2) is 4.39 Å². The lowest BCUT2D eigenvalue weighted by Crippen LogP contribution is -2.35. The molecule has 0 N–H and O–H groups in total. The Hall–Kier alpha value is -2.48. The number of allylic oxidation sites excluding steroid dienone is 2. The molecule has 1 aromatic carbocycles. The van der Waals surface area contributed by atoms with Gasteiger partial charge in [0.2, 0.25) is 5.91 Å². The molecule has 0 fully saturated rings. The number of hydrogen-bond acceptors (Lipinski definition) is 3. The van der Waals surface area contributed by atoms with Crippen LogP contribution < -0.4 is 0 Å². The van der Waals surface area contributed by atoms with Crippen LogP contribution in [0.4, 0.5) is 4.39 Å². The summed E-state index contributed by atoms with van der Waals surface area (Å²) in [6, 6.07) is 6.68. The maximum atomic E-state index is 13.4. The van der Waals surface area contributed by atoms with E-state index in [-0.39, 0.29) is 34.9 Å². The number of benzene rings is 1. The number of amides is 1. The van der Waals surface area contributed by atoms with Crippen LogP contribution in [-0.2, 0) is 16.0 Å². The summed E-state index contributed by atoms with van der Waals surface area (Å²) in [5.41, 5.74) is 1.55. The number of carbonyl (C=O) groups excluding carboxylic acids is 2. The predicted octanol–water partition coefficient (Wildman–Crippen LogP) is 3.77. The molecule has 0 saturated heterocycles. The summed E-state index contributed by atoms with van der Waals surface area (Å²) in [5, 5.41) is 9.20. The average Bonchev–Trinajstić information content (AvgIpc) is 3.04. The zero-order chi connectivity index (χ0) is 19.8. The maximum Gasteiger partial charge on any atom is 0.229 e. The molecule has 4 nitrogen and oxygen atoms in total. The minimum Gasteiger partial charge on any atom is -0.345 e. The summed E-state index contributed by atoms with van der Waals surface area (Å²) in [4.78, 5) is 26.8. The van der Waals surface area contributed by atoms with Gasteiger partial charge in [0, 0.05) is 19.0 Å². The van der Waals surface area contributed by atoms with Crippen molar-refractivity contribution in [1.29, 1.82) is 5.26 Å². The van der Waals surface area contributed by atoms with Gasteiger partial charge in [0.15, 0.2) is 5.78 Å². The third-order valence-electron chi connectivity index (χ3n) is 5.85. The first-order chi connectivity index (χ1) is 12.7. The first-order valence-electron chi connectivity index (χ1n) is 9.43. The molecule has 0 aliphatic heterocycles. The van der Waals surface area contributed by atoms with Gasteiger partial charge in [-0.05, 0) is 54.9 Å². The first kappa shape index (κ1) is 19.3. The molecule has 2 aliphatic rings. The molecule has 2 aliphatic carbocycles. The van der Waals surface area contributed by atoms with Gasteiger partial charge in [-0.15, -0.1) is 0 Å². The highest BCUT2D eigenvalue weighted by Crippen LogP contribution is 2.37. The maximum absolute atomic E-state index is 13.4. The number of fused-ring (bicyclic) bond motifs is 1. The van der Waals surface area contributed by atoms with Crippen LogP contribution in [0.15, 0.2) is 29.8 Å². The quantitative estimate of drug-likeness (QED) is 0.813. The topological polar surface area (TPSA) is 61.2 Å². The normalized spacial score (nSPS) is 23.4. The van der Waals surface area contributed by atoms with Crippen molar-refractivity contribution < 1.29 is 14.0 Å². The molecule has 0 spiro atoms. The molecule has 27 heavy (non-hydrogen) atoms. The Labute approximate surface area is 159 Å². The summed E-state index contributed by atoms with van der Waals surface area (Å²) in [6.45, 7) is 4.31. The van der Waals surface area contributed by atoms with Crippen LogP contribution >= 0.6 is 0 Å². The lowest BCUT2D eigenvalue weighted by molar-refractivity contribution is -0.132. The largest absolute Gasteiger partial charge is 0.345 e. The lowest BCUT2D eigenvalue weighted by atomic mass is 9.71. The fourth-order valence-corrected chi connectivity index (χ4v) is 4.33. The molecule has 1 amide bonds. The van der Waals surface area contributed by atoms with Crippen LogP contribution in [0.3, 0.4) is 0 Å². The highest BCUT2D eigenvalue weighted by molar-refractivity contribution is 6.03. The molecule has 0 heterocycles. The van der Waals surface area contributed by atoms with Crippen molar-refractivity contribution in [3.05, 3.63) is 46.8 Å². The van der Waals surface area contributed by atoms with E-state index in [0.717, 1.165) is 17.5 Å². The predicted molar refractivity (Wildman–Crippen MR) is 100 cm³/mol. The van der Waals surface area contributed by atoms with Crippen molar-refractivity contribution in [3.8, 4) is 6.07 Å². The number of Topliss-reactive ketones (excluding diaryl/α,β-unsaturated/α-hetero) is 1. The third kappa shape index (κ3) is 3.80. The van der Waals surface area contributed by atoms with Gasteiger partial charge in [0.25, 0.3) is 0 Å². The molecular formula is C22H25FN2O2. The van der Waals surface area contributed by atoms with E-state index in [1.165, 1.54) is 12.1 Å². The second-order valence-corrected chi connectivity index (χ2v) is 8.35. The minimum absolute atomic E-state index is 0.0518. The number of nitrogens with zero attached hydrogens (tertiary/aromatic N) is 2. The Morgan fingerprint density at radius 2 is 2.15 bits per heavy atom. The van der Waals surface area contributed by atoms with Crippen molar-refractivity contribution >= 4 is 11.7 Å². The molecule has 3 rings (SSSR count). The smallest absolute Gasteiger partial charge is 0.229 e. The third-order valence-corrected chi connectivity index (χ3v) is 5.85. The van der Waals surface area contributed by atoms with Crippen molar-refractivity contribution in [3.63, 3.8) is 0 Å². The van der Waals surface area contributed by atoms with Crippen LogP contribution in [0.1, 0.15) is 50.2 Å². The Bertz CT molecular complexity index is 850. The highest BCUT2D eigenvalue weighted by atomic mass is 19.1. The zero-order valence-corrected chi connectivity index (χ0v) is 16.1. The van der Waals surface area contributed by atoms with E-state index in [2.05, 4.69) is 0 Å². The number of hydrogen-bond donors (Lipinski definition) is 0. The number of rotatable bonds is 4. The van der Waals surface area contributed by atoms with Crippen molar-refractivity contribution in [2.45, 2.75) is 45.4 Å². The van der Waals surface area contributed by atoms with E-state index < -0.39 is 5.41 Å². The Balaban J connectivity index is 1.64. The number of nitriles is 1. The molecule has 5 heteroatoms. The SMILES string of the molecule is CN(CC[C@H]1C=C(C#N)C(=O)C(C)(C)C1)C(=O)C1CCc2cc(F)ccc21. The van der Waals surface area contributed by atoms with Crippen molar-refractivity contribution in [2.24, 2.45) is 11.3 Å².